The van der Waals surface area contributed by atoms with Gasteiger partial charge in [-0.05, 0) is 23.3 Å². The van der Waals surface area contributed by atoms with Crippen molar-refractivity contribution in [2.45, 2.75) is 39.3 Å². The number of hydrogen-bond acceptors (Lipinski definition) is 4. The molecule has 0 radical (unpaired) electrons. The standard InChI is InChI=1S/C20H23N3O/c1-20(2,3)19-8-7-16(12-23-19)11-21-10-15-5-4-6-17(9-15)18-13-22-14-24-18/h4-9,12-14,21H,10-11H2,1-3H3. The van der Waals surface area contributed by atoms with E-state index in [0.717, 1.165) is 30.1 Å². The van der Waals surface area contributed by atoms with Gasteiger partial charge < -0.3 is 9.73 Å². The highest BCUT2D eigenvalue weighted by atomic mass is 16.3. The maximum atomic E-state index is 5.35. The van der Waals surface area contributed by atoms with Crippen LogP contribution in [0, 0.1) is 0 Å². The van der Waals surface area contributed by atoms with E-state index in [1.54, 1.807) is 6.20 Å². The highest BCUT2D eigenvalue weighted by Gasteiger charge is 2.14. The Balaban J connectivity index is 1.58. The van der Waals surface area contributed by atoms with Gasteiger partial charge in [0, 0.05) is 36.0 Å². The number of nitrogens with zero attached hydrogens (tertiary/aromatic N) is 2. The fourth-order valence-electron chi connectivity index (χ4n) is 2.52. The molecule has 4 nitrogen and oxygen atoms in total. The molecule has 0 fully saturated rings. The Morgan fingerprint density at radius 1 is 1.00 bits per heavy atom. The molecule has 0 spiro atoms. The first-order valence-electron chi connectivity index (χ1n) is 8.16. The van der Waals surface area contributed by atoms with E-state index in [-0.39, 0.29) is 5.41 Å². The van der Waals surface area contributed by atoms with Gasteiger partial charge in [0.05, 0.1) is 6.20 Å². The fraction of sp³-hybridized carbons (Fsp3) is 0.300. The molecule has 0 saturated carbocycles. The summed E-state index contributed by atoms with van der Waals surface area (Å²) >= 11 is 0. The van der Waals surface area contributed by atoms with Crippen LogP contribution in [-0.4, -0.2) is 9.97 Å². The molecule has 0 aliphatic rings. The topological polar surface area (TPSA) is 51.0 Å². The predicted octanol–water partition coefficient (Wildman–Crippen LogP) is 4.32. The van der Waals surface area contributed by atoms with E-state index in [0.29, 0.717) is 0 Å². The highest BCUT2D eigenvalue weighted by molar-refractivity contribution is 5.57. The Morgan fingerprint density at radius 2 is 1.83 bits per heavy atom. The molecule has 1 aromatic carbocycles. The van der Waals surface area contributed by atoms with Gasteiger partial charge in [0.1, 0.15) is 0 Å². The molecule has 0 saturated heterocycles. The molecular weight excluding hydrogens is 298 g/mol. The Kier molecular flexibility index (Phi) is 4.76. The Morgan fingerprint density at radius 3 is 2.50 bits per heavy atom. The van der Waals surface area contributed by atoms with Crippen LogP contribution < -0.4 is 5.32 Å². The third kappa shape index (κ3) is 4.09. The number of hydrogen-bond donors (Lipinski definition) is 1. The van der Waals surface area contributed by atoms with Gasteiger partial charge >= 0.3 is 0 Å². The SMILES string of the molecule is CC(C)(C)c1ccc(CNCc2cccc(-c3cnco3)c2)cn1. The minimum atomic E-state index is 0.0904. The van der Waals surface area contributed by atoms with Crippen LogP contribution in [0.1, 0.15) is 37.6 Å². The lowest BCUT2D eigenvalue weighted by atomic mass is 9.91. The lowest BCUT2D eigenvalue weighted by Crippen LogP contribution is -2.15. The molecule has 0 atom stereocenters. The molecule has 2 heterocycles. The zero-order chi connectivity index (χ0) is 17.0. The molecule has 0 aliphatic carbocycles. The summed E-state index contributed by atoms with van der Waals surface area (Å²) in [6, 6.07) is 12.5. The van der Waals surface area contributed by atoms with Gasteiger partial charge in [0.25, 0.3) is 0 Å². The van der Waals surface area contributed by atoms with Gasteiger partial charge in [-0.25, -0.2) is 4.98 Å². The Bertz CT molecular complexity index is 771. The third-order valence-electron chi connectivity index (χ3n) is 3.90. The second-order valence-electron chi connectivity index (χ2n) is 6.97. The van der Waals surface area contributed by atoms with Gasteiger partial charge in [-0.3, -0.25) is 4.98 Å². The van der Waals surface area contributed by atoms with Gasteiger partial charge in [-0.1, -0.05) is 45.0 Å². The van der Waals surface area contributed by atoms with Crippen LogP contribution in [-0.2, 0) is 18.5 Å². The summed E-state index contributed by atoms with van der Waals surface area (Å²) in [6.07, 6.45) is 5.14. The largest absolute Gasteiger partial charge is 0.444 e. The maximum Gasteiger partial charge on any atom is 0.181 e. The van der Waals surface area contributed by atoms with Crippen molar-refractivity contribution in [2.24, 2.45) is 0 Å². The molecule has 3 aromatic rings. The number of nitrogens with one attached hydrogen (secondary N) is 1. The van der Waals surface area contributed by atoms with Crippen molar-refractivity contribution in [3.05, 3.63) is 72.0 Å². The maximum absolute atomic E-state index is 5.35. The molecule has 0 amide bonds. The molecule has 0 unspecified atom stereocenters. The van der Waals surface area contributed by atoms with Gasteiger partial charge in [0.15, 0.2) is 12.2 Å². The summed E-state index contributed by atoms with van der Waals surface area (Å²) < 4.78 is 5.35. The zero-order valence-electron chi connectivity index (χ0n) is 14.4. The van der Waals surface area contributed by atoms with Crippen LogP contribution in [0.15, 0.2) is 59.6 Å². The smallest absolute Gasteiger partial charge is 0.181 e. The summed E-state index contributed by atoms with van der Waals surface area (Å²) in [5, 5.41) is 3.46. The normalized spacial score (nSPS) is 11.6. The molecule has 3 rings (SSSR count). The summed E-state index contributed by atoms with van der Waals surface area (Å²) in [4.78, 5) is 8.53. The minimum Gasteiger partial charge on any atom is -0.444 e. The van der Waals surface area contributed by atoms with Crippen molar-refractivity contribution >= 4 is 0 Å². The lowest BCUT2D eigenvalue weighted by molar-refractivity contribution is 0.567. The van der Waals surface area contributed by atoms with Crippen molar-refractivity contribution < 1.29 is 4.42 Å². The van der Waals surface area contributed by atoms with Crippen molar-refractivity contribution in [1.82, 2.24) is 15.3 Å². The molecule has 4 heteroatoms. The number of benzene rings is 1. The first-order chi connectivity index (χ1) is 11.5. The van der Waals surface area contributed by atoms with Crippen molar-refractivity contribution in [2.75, 3.05) is 0 Å². The van der Waals surface area contributed by atoms with Crippen molar-refractivity contribution in [1.29, 1.82) is 0 Å². The molecule has 2 aromatic heterocycles. The highest BCUT2D eigenvalue weighted by Crippen LogP contribution is 2.20. The van der Waals surface area contributed by atoms with Gasteiger partial charge in [-0.2, -0.15) is 0 Å². The van der Waals surface area contributed by atoms with Crippen LogP contribution in [0.5, 0.6) is 0 Å². The zero-order valence-corrected chi connectivity index (χ0v) is 14.4. The van der Waals surface area contributed by atoms with E-state index in [2.05, 4.69) is 60.3 Å². The Labute approximate surface area is 143 Å². The molecule has 24 heavy (non-hydrogen) atoms. The molecule has 124 valence electrons. The van der Waals surface area contributed by atoms with Crippen LogP contribution in [0.2, 0.25) is 0 Å². The van der Waals surface area contributed by atoms with E-state index in [9.17, 15) is 0 Å². The first kappa shape index (κ1) is 16.4. The Hall–Kier alpha value is -2.46. The van der Waals surface area contributed by atoms with Crippen molar-refractivity contribution in [3.8, 4) is 11.3 Å². The van der Waals surface area contributed by atoms with Crippen LogP contribution in [0.4, 0.5) is 0 Å². The number of aromatic nitrogens is 2. The molecule has 0 aliphatic heterocycles. The van der Waals surface area contributed by atoms with E-state index in [1.165, 1.54) is 17.5 Å². The second kappa shape index (κ2) is 6.97. The second-order valence-corrected chi connectivity index (χ2v) is 6.97. The monoisotopic (exact) mass is 321 g/mol. The lowest BCUT2D eigenvalue weighted by Gasteiger charge is -2.17. The quantitative estimate of drug-likeness (QED) is 0.760. The molecule has 0 bridgehead atoms. The average molecular weight is 321 g/mol. The van der Waals surface area contributed by atoms with E-state index in [4.69, 9.17) is 4.42 Å². The van der Waals surface area contributed by atoms with Crippen molar-refractivity contribution in [3.63, 3.8) is 0 Å². The van der Waals surface area contributed by atoms with Crippen LogP contribution in [0.25, 0.3) is 11.3 Å². The third-order valence-corrected chi connectivity index (χ3v) is 3.90. The van der Waals surface area contributed by atoms with E-state index < -0.39 is 0 Å². The molecule has 1 N–H and O–H groups in total. The number of oxazole rings is 1. The van der Waals surface area contributed by atoms with E-state index in [1.807, 2.05) is 18.3 Å². The summed E-state index contributed by atoms with van der Waals surface area (Å²) in [5.74, 6) is 0.791. The first-order valence-corrected chi connectivity index (χ1v) is 8.16. The summed E-state index contributed by atoms with van der Waals surface area (Å²) in [7, 11) is 0. The van der Waals surface area contributed by atoms with E-state index >= 15 is 0 Å². The number of rotatable bonds is 5. The van der Waals surface area contributed by atoms with Gasteiger partial charge in [0.2, 0.25) is 0 Å². The van der Waals surface area contributed by atoms with Crippen LogP contribution >= 0.6 is 0 Å². The summed E-state index contributed by atoms with van der Waals surface area (Å²) in [5.41, 5.74) is 4.65. The molecular formula is C20H23N3O. The number of pyridine rings is 1. The predicted molar refractivity (Wildman–Crippen MR) is 95.4 cm³/mol. The minimum absolute atomic E-state index is 0.0904. The fourth-order valence-corrected chi connectivity index (χ4v) is 2.52. The average Bonchev–Trinajstić information content (AvgIpc) is 3.09. The van der Waals surface area contributed by atoms with Crippen LogP contribution in [0.3, 0.4) is 0 Å². The van der Waals surface area contributed by atoms with Gasteiger partial charge in [-0.15, -0.1) is 0 Å². The summed E-state index contributed by atoms with van der Waals surface area (Å²) in [6.45, 7) is 8.12.